The first-order chi connectivity index (χ1) is 16.8. The summed E-state index contributed by atoms with van der Waals surface area (Å²) in [5.74, 6) is 0.350. The minimum atomic E-state index is -3.81. The molecular formula is C27H25N3O4S. The number of anilines is 2. The van der Waals surface area contributed by atoms with E-state index in [0.29, 0.717) is 23.6 Å². The summed E-state index contributed by atoms with van der Waals surface area (Å²) >= 11 is 0. The molecule has 0 fully saturated rings. The molecule has 0 bridgehead atoms. The van der Waals surface area contributed by atoms with E-state index < -0.39 is 10.0 Å². The summed E-state index contributed by atoms with van der Waals surface area (Å²) in [4.78, 5) is 17.3. The van der Waals surface area contributed by atoms with Gasteiger partial charge in [0, 0.05) is 23.5 Å². The number of nitrogens with zero attached hydrogens (tertiary/aromatic N) is 1. The third kappa shape index (κ3) is 5.85. The van der Waals surface area contributed by atoms with E-state index in [1.165, 1.54) is 12.1 Å². The lowest BCUT2D eigenvalue weighted by molar-refractivity contribution is 0.102. The number of amides is 1. The van der Waals surface area contributed by atoms with Crippen molar-refractivity contribution < 1.29 is 17.9 Å². The van der Waals surface area contributed by atoms with Gasteiger partial charge in [-0.2, -0.15) is 0 Å². The van der Waals surface area contributed by atoms with Crippen LogP contribution in [0.15, 0.2) is 96.2 Å². The van der Waals surface area contributed by atoms with Crippen molar-refractivity contribution in [2.24, 2.45) is 0 Å². The van der Waals surface area contributed by atoms with Crippen molar-refractivity contribution in [2.45, 2.75) is 25.3 Å². The number of hydrogen-bond acceptors (Lipinski definition) is 5. The lowest BCUT2D eigenvalue weighted by atomic mass is 10.0. The van der Waals surface area contributed by atoms with E-state index in [1.807, 2.05) is 26.0 Å². The fraction of sp³-hybridized carbons (Fsp3) is 0.111. The van der Waals surface area contributed by atoms with Crippen molar-refractivity contribution in [3.05, 3.63) is 114 Å². The molecule has 35 heavy (non-hydrogen) atoms. The minimum Gasteiger partial charge on any atom is -0.488 e. The third-order valence-electron chi connectivity index (χ3n) is 5.30. The van der Waals surface area contributed by atoms with Gasteiger partial charge in [0.1, 0.15) is 12.4 Å². The molecule has 1 amide bonds. The van der Waals surface area contributed by atoms with Crippen LogP contribution in [0, 0.1) is 13.8 Å². The molecule has 2 N–H and O–H groups in total. The highest BCUT2D eigenvalue weighted by molar-refractivity contribution is 7.92. The van der Waals surface area contributed by atoms with Gasteiger partial charge >= 0.3 is 0 Å². The van der Waals surface area contributed by atoms with E-state index in [4.69, 9.17) is 4.74 Å². The third-order valence-corrected chi connectivity index (χ3v) is 6.68. The molecule has 0 spiro atoms. The van der Waals surface area contributed by atoms with E-state index in [-0.39, 0.29) is 16.5 Å². The molecule has 0 atom stereocenters. The Morgan fingerprint density at radius 3 is 2.20 bits per heavy atom. The highest BCUT2D eigenvalue weighted by atomic mass is 32.2. The van der Waals surface area contributed by atoms with Crippen molar-refractivity contribution >= 4 is 27.3 Å². The van der Waals surface area contributed by atoms with Crippen LogP contribution in [0.25, 0.3) is 0 Å². The van der Waals surface area contributed by atoms with Crippen LogP contribution in [0.5, 0.6) is 5.75 Å². The number of benzene rings is 3. The molecule has 0 aliphatic rings. The summed E-state index contributed by atoms with van der Waals surface area (Å²) in [6.45, 7) is 4.13. The van der Waals surface area contributed by atoms with Crippen molar-refractivity contribution in [3.63, 3.8) is 0 Å². The Balaban J connectivity index is 1.51. The van der Waals surface area contributed by atoms with E-state index in [9.17, 15) is 13.2 Å². The summed E-state index contributed by atoms with van der Waals surface area (Å²) < 4.78 is 34.0. The molecule has 0 unspecified atom stereocenters. The Kier molecular flexibility index (Phi) is 7.12. The second-order valence-corrected chi connectivity index (χ2v) is 9.69. The number of para-hydroxylation sites is 2. The largest absolute Gasteiger partial charge is 0.488 e. The maximum Gasteiger partial charge on any atom is 0.261 e. The van der Waals surface area contributed by atoms with Gasteiger partial charge in [0.2, 0.25) is 0 Å². The maximum absolute atomic E-state index is 13.1. The number of sulfonamides is 1. The van der Waals surface area contributed by atoms with Gasteiger partial charge < -0.3 is 10.1 Å². The van der Waals surface area contributed by atoms with Crippen LogP contribution in [0.3, 0.4) is 0 Å². The number of aryl methyl sites for hydroxylation is 2. The Hall–Kier alpha value is -4.17. The highest BCUT2D eigenvalue weighted by Crippen LogP contribution is 2.28. The number of rotatable bonds is 8. The molecule has 0 saturated carbocycles. The predicted molar refractivity (Wildman–Crippen MR) is 136 cm³/mol. The quantitative estimate of drug-likeness (QED) is 0.350. The molecule has 0 aliphatic carbocycles. The van der Waals surface area contributed by atoms with Crippen molar-refractivity contribution in [3.8, 4) is 5.75 Å². The maximum atomic E-state index is 13.1. The number of hydrogen-bond donors (Lipinski definition) is 2. The Bertz CT molecular complexity index is 1420. The molecule has 1 heterocycles. The van der Waals surface area contributed by atoms with Gasteiger partial charge in [0.15, 0.2) is 0 Å². The standard InChI is InChI=1S/C27H25N3O4S/c1-19-15-22(16-20(2)26(19)34-18-21-9-8-14-28-17-21)27(31)29-24-12-6-7-13-25(24)30-35(32,33)23-10-4-3-5-11-23/h3-17,30H,18H2,1-2H3,(H,29,31). The smallest absolute Gasteiger partial charge is 0.261 e. The first-order valence-corrected chi connectivity index (χ1v) is 12.4. The van der Waals surface area contributed by atoms with Gasteiger partial charge in [-0.25, -0.2) is 8.42 Å². The topological polar surface area (TPSA) is 97.4 Å². The Morgan fingerprint density at radius 1 is 0.886 bits per heavy atom. The lowest BCUT2D eigenvalue weighted by Gasteiger charge is -2.16. The normalized spacial score (nSPS) is 11.0. The average Bonchev–Trinajstić information content (AvgIpc) is 2.85. The molecule has 0 aliphatic heterocycles. The molecule has 178 valence electrons. The second kappa shape index (κ2) is 10.4. The first-order valence-electron chi connectivity index (χ1n) is 10.9. The minimum absolute atomic E-state index is 0.134. The predicted octanol–water partition coefficient (Wildman–Crippen LogP) is 5.33. The number of ether oxygens (including phenoxy) is 1. The molecule has 4 aromatic rings. The molecule has 3 aromatic carbocycles. The van der Waals surface area contributed by atoms with E-state index in [1.54, 1.807) is 67.0 Å². The van der Waals surface area contributed by atoms with Gasteiger partial charge in [-0.05, 0) is 67.4 Å². The van der Waals surface area contributed by atoms with Crippen molar-refractivity contribution in [1.82, 2.24) is 4.98 Å². The SMILES string of the molecule is Cc1cc(C(=O)Nc2ccccc2NS(=O)(=O)c2ccccc2)cc(C)c1OCc1cccnc1. The zero-order valence-electron chi connectivity index (χ0n) is 19.4. The van der Waals surface area contributed by atoms with Crippen LogP contribution in [-0.4, -0.2) is 19.3 Å². The van der Waals surface area contributed by atoms with Crippen LogP contribution >= 0.6 is 0 Å². The highest BCUT2D eigenvalue weighted by Gasteiger charge is 2.18. The summed E-state index contributed by atoms with van der Waals surface area (Å²) in [5, 5.41) is 2.82. The monoisotopic (exact) mass is 487 g/mol. The van der Waals surface area contributed by atoms with Crippen molar-refractivity contribution in [1.29, 1.82) is 0 Å². The van der Waals surface area contributed by atoms with Gasteiger partial charge in [0.05, 0.1) is 16.3 Å². The second-order valence-electron chi connectivity index (χ2n) is 8.01. The number of aromatic nitrogens is 1. The summed E-state index contributed by atoms with van der Waals surface area (Å²) in [6, 6.07) is 22.0. The molecule has 7 nitrogen and oxygen atoms in total. The van der Waals surface area contributed by atoms with E-state index in [2.05, 4.69) is 15.0 Å². The van der Waals surface area contributed by atoms with Crippen LogP contribution in [-0.2, 0) is 16.6 Å². The molecule has 8 heteroatoms. The zero-order chi connectivity index (χ0) is 24.8. The van der Waals surface area contributed by atoms with Gasteiger partial charge in [0.25, 0.3) is 15.9 Å². The number of carbonyl (C=O) groups is 1. The van der Waals surface area contributed by atoms with Crippen LogP contribution < -0.4 is 14.8 Å². The van der Waals surface area contributed by atoms with Crippen molar-refractivity contribution in [2.75, 3.05) is 10.0 Å². The molecule has 4 rings (SSSR count). The first kappa shape index (κ1) is 24.0. The summed E-state index contributed by atoms with van der Waals surface area (Å²) in [5.41, 5.74) is 3.64. The van der Waals surface area contributed by atoms with E-state index >= 15 is 0 Å². The fourth-order valence-corrected chi connectivity index (χ4v) is 4.73. The number of carbonyl (C=O) groups excluding carboxylic acids is 1. The molecule has 0 radical (unpaired) electrons. The van der Waals surface area contributed by atoms with Gasteiger partial charge in [-0.3, -0.25) is 14.5 Å². The van der Waals surface area contributed by atoms with Gasteiger partial charge in [-0.15, -0.1) is 0 Å². The fourth-order valence-electron chi connectivity index (χ4n) is 3.63. The zero-order valence-corrected chi connectivity index (χ0v) is 20.2. The molecule has 1 aromatic heterocycles. The summed E-state index contributed by atoms with van der Waals surface area (Å²) in [7, 11) is -3.81. The number of pyridine rings is 1. The van der Waals surface area contributed by atoms with E-state index in [0.717, 1.165) is 16.7 Å². The molecular weight excluding hydrogens is 462 g/mol. The van der Waals surface area contributed by atoms with Crippen LogP contribution in [0.1, 0.15) is 27.0 Å². The lowest BCUT2D eigenvalue weighted by Crippen LogP contribution is -2.17. The Labute approximate surface area is 204 Å². The molecule has 0 saturated heterocycles. The van der Waals surface area contributed by atoms with Crippen LogP contribution in [0.2, 0.25) is 0 Å². The Morgan fingerprint density at radius 2 is 1.54 bits per heavy atom. The van der Waals surface area contributed by atoms with Gasteiger partial charge in [-0.1, -0.05) is 36.4 Å². The average molecular weight is 488 g/mol. The van der Waals surface area contributed by atoms with Crippen LogP contribution in [0.4, 0.5) is 11.4 Å². The summed E-state index contributed by atoms with van der Waals surface area (Å²) in [6.07, 6.45) is 3.45. The number of nitrogens with one attached hydrogen (secondary N) is 2.